The summed E-state index contributed by atoms with van der Waals surface area (Å²) in [4.78, 5) is 15.2. The Bertz CT molecular complexity index is 2900. The van der Waals surface area contributed by atoms with Crippen LogP contribution in [0.25, 0.3) is 21.2 Å². The Labute approximate surface area is 364 Å². The lowest BCUT2D eigenvalue weighted by Crippen LogP contribution is -2.81. The number of fused-ring (bicyclic) bond motifs is 1. The van der Waals surface area contributed by atoms with Gasteiger partial charge in [0, 0.05) is 16.5 Å². The first-order valence-corrected chi connectivity index (χ1v) is 18.2. The normalized spacial score (nSPS) is 11.4. The Hall–Kier alpha value is -7.63. The van der Waals surface area contributed by atoms with Gasteiger partial charge in [0.05, 0.1) is 11.9 Å². The smallest absolute Gasteiger partial charge is 0.256 e. The summed E-state index contributed by atoms with van der Waals surface area (Å²) in [6.45, 7) is 0.405. The van der Waals surface area contributed by atoms with Crippen LogP contribution >= 0.6 is 0 Å². The van der Waals surface area contributed by atoms with Crippen molar-refractivity contribution in [2.24, 2.45) is 5.11 Å². The molecule has 0 N–H and O–H groups in total. The van der Waals surface area contributed by atoms with Crippen LogP contribution in [-0.2, 0) is 6.54 Å². The number of carbonyl (C=O) groups is 1. The molecule has 7 aromatic rings. The van der Waals surface area contributed by atoms with E-state index in [1.807, 2.05) is 71.4 Å². The van der Waals surface area contributed by atoms with Gasteiger partial charge in [-0.3, -0.25) is 4.79 Å². The molecular weight excluding hydrogens is 967 g/mol. The van der Waals surface area contributed by atoms with E-state index in [1.165, 1.54) is 0 Å². The van der Waals surface area contributed by atoms with Gasteiger partial charge in [0.25, 0.3) is 5.69 Å². The maximum atomic E-state index is 15.4. The van der Waals surface area contributed by atoms with Gasteiger partial charge >= 0.3 is 0 Å². The molecule has 26 heteroatoms. The molecule has 352 valence electrons. The highest BCUT2D eigenvalue weighted by molar-refractivity contribution is 7.20. The topological polar surface area (TPSA) is 69.7 Å². The first-order chi connectivity index (χ1) is 32.0. The van der Waals surface area contributed by atoms with E-state index < -0.39 is 144 Å². The molecule has 0 aliphatic carbocycles. The number of rotatable bonds is 9. The zero-order chi connectivity index (χ0) is 50.4. The summed E-state index contributed by atoms with van der Waals surface area (Å²) in [7, 11) is 0. The number of hydrogen-bond acceptors (Lipinski definition) is 2. The van der Waals surface area contributed by atoms with E-state index in [9.17, 15) is 57.5 Å². The van der Waals surface area contributed by atoms with Gasteiger partial charge in [0.1, 0.15) is 52.7 Å². The number of benzene rings is 6. The fraction of sp³-hybridized carbons (Fsp3) is 0.0476. The van der Waals surface area contributed by atoms with Gasteiger partial charge in [-0.25, -0.2) is 87.8 Å². The third-order valence-corrected chi connectivity index (χ3v) is 10.4. The number of azide groups is 1. The van der Waals surface area contributed by atoms with Crippen molar-refractivity contribution < 1.29 is 97.2 Å². The van der Waals surface area contributed by atoms with Crippen LogP contribution in [0.3, 0.4) is 0 Å². The van der Waals surface area contributed by atoms with Gasteiger partial charge in [-0.15, -0.1) is 21.9 Å². The fourth-order valence-electron chi connectivity index (χ4n) is 7.52. The molecule has 0 radical (unpaired) electrons. The molecule has 0 aliphatic heterocycles. The standard InChI is InChI=1S/C24BF20.C18H15N4O/c26-5-1(6(27)14(35)21(42)13(5)34)25(2-7(28)15(36)22(43)16(37)8(2)29,3-9(30)17(38)23(44)18(39)10(3)31)4-11(32)19(40)24(45)20(41)12(4)33;19-21-20-12-17(23)18-16-9-5-4-8-15(16)10-11-22(18)13-14-6-2-1-3-7-14/h;1-11H,12-13H2/q-1;+1. The second kappa shape index (κ2) is 18.9. The van der Waals surface area contributed by atoms with Crippen molar-refractivity contribution in [1.29, 1.82) is 0 Å². The summed E-state index contributed by atoms with van der Waals surface area (Å²) in [6, 6.07) is 19.6. The Morgan fingerprint density at radius 3 is 1.09 bits per heavy atom. The SMILES string of the molecule is Fc1c(F)c(F)c([B-](c2c(F)c(F)c(F)c(F)c2F)(c2c(F)c(F)c(F)c(F)c2F)c2c(F)c(F)c(F)c(F)c2F)c(F)c1F.[N-]=[N+]=NCC(=O)c1c2ccccc2cc[n+]1Cc1ccccc1. The molecule has 0 atom stereocenters. The largest absolute Gasteiger partial charge is 0.287 e. The highest BCUT2D eigenvalue weighted by Gasteiger charge is 2.52. The lowest BCUT2D eigenvalue weighted by molar-refractivity contribution is -0.688. The monoisotopic (exact) mass is 982 g/mol. The number of aromatic nitrogens is 1. The third kappa shape index (κ3) is 7.86. The van der Waals surface area contributed by atoms with Crippen molar-refractivity contribution in [1.82, 2.24) is 0 Å². The van der Waals surface area contributed by atoms with Gasteiger partial charge in [-0.1, -0.05) is 53.6 Å². The maximum absolute atomic E-state index is 15.4. The molecule has 5 nitrogen and oxygen atoms in total. The van der Waals surface area contributed by atoms with Gasteiger partial charge in [-0.05, 0) is 17.0 Å². The van der Waals surface area contributed by atoms with Crippen LogP contribution in [0.1, 0.15) is 16.1 Å². The first-order valence-electron chi connectivity index (χ1n) is 18.2. The average molecular weight is 982 g/mol. The van der Waals surface area contributed by atoms with Crippen molar-refractivity contribution in [2.75, 3.05) is 6.54 Å². The van der Waals surface area contributed by atoms with Gasteiger partial charge in [-0.2, -0.15) is 4.57 Å². The van der Waals surface area contributed by atoms with Crippen molar-refractivity contribution in [2.45, 2.75) is 6.54 Å². The third-order valence-electron chi connectivity index (χ3n) is 10.4. The minimum absolute atomic E-state index is 0.181. The molecule has 7 rings (SSSR count). The molecule has 6 aromatic carbocycles. The van der Waals surface area contributed by atoms with E-state index in [0.717, 1.165) is 16.3 Å². The van der Waals surface area contributed by atoms with Crippen LogP contribution in [0.5, 0.6) is 0 Å². The molecule has 0 spiro atoms. The molecule has 0 fully saturated rings. The van der Waals surface area contributed by atoms with Crippen molar-refractivity contribution in [3.63, 3.8) is 0 Å². The summed E-state index contributed by atoms with van der Waals surface area (Å²) < 4.78 is 296. The van der Waals surface area contributed by atoms with E-state index in [-0.39, 0.29) is 12.3 Å². The minimum Gasteiger partial charge on any atom is -0.287 e. The Balaban J connectivity index is 0.000000276. The number of pyridine rings is 1. The quantitative estimate of drug-likeness (QED) is 0.0164. The van der Waals surface area contributed by atoms with Gasteiger partial charge in [0.2, 0.25) is 5.78 Å². The molecule has 0 unspecified atom stereocenters. The number of nitrogens with zero attached hydrogens (tertiary/aromatic N) is 4. The molecule has 0 saturated heterocycles. The summed E-state index contributed by atoms with van der Waals surface area (Å²) >= 11 is 0. The molecule has 68 heavy (non-hydrogen) atoms. The molecule has 0 bridgehead atoms. The van der Waals surface area contributed by atoms with Crippen LogP contribution in [0.15, 0.2) is 72.0 Å². The Kier molecular flexibility index (Phi) is 13.9. The van der Waals surface area contributed by atoms with Crippen LogP contribution in [-0.4, -0.2) is 18.5 Å². The van der Waals surface area contributed by atoms with Gasteiger partial charge < -0.3 is 0 Å². The summed E-state index contributed by atoms with van der Waals surface area (Å²) in [6.07, 6.45) is -5.32. The molecule has 0 aliphatic rings. The fourth-order valence-corrected chi connectivity index (χ4v) is 7.52. The van der Waals surface area contributed by atoms with Crippen LogP contribution < -0.4 is 26.4 Å². The number of Topliss-reactive ketones (excluding diaryl/α,β-unsaturated/α-hetero) is 1. The molecule has 1 aromatic heterocycles. The number of carbonyl (C=O) groups excluding carboxylic acids is 1. The van der Waals surface area contributed by atoms with Crippen LogP contribution in [0.2, 0.25) is 0 Å². The van der Waals surface area contributed by atoms with E-state index in [1.54, 1.807) is 0 Å². The zero-order valence-corrected chi connectivity index (χ0v) is 32.6. The second-order valence-corrected chi connectivity index (χ2v) is 14.0. The molecule has 1 heterocycles. The highest BCUT2D eigenvalue weighted by Crippen LogP contribution is 2.31. The summed E-state index contributed by atoms with van der Waals surface area (Å²) in [5.41, 5.74) is -4.18. The molecule has 0 saturated carbocycles. The Morgan fingerprint density at radius 1 is 0.441 bits per heavy atom. The summed E-state index contributed by atoms with van der Waals surface area (Å²) in [5, 5.41) is 5.27. The van der Waals surface area contributed by atoms with Crippen LogP contribution in [0, 0.1) is 116 Å². The highest BCUT2D eigenvalue weighted by atomic mass is 19.2. The lowest BCUT2D eigenvalue weighted by Gasteiger charge is -2.44. The molecule has 0 amide bonds. The van der Waals surface area contributed by atoms with Crippen LogP contribution in [0.4, 0.5) is 87.8 Å². The van der Waals surface area contributed by atoms with Gasteiger partial charge in [0.15, 0.2) is 82.5 Å². The predicted molar refractivity (Wildman–Crippen MR) is 197 cm³/mol. The zero-order valence-electron chi connectivity index (χ0n) is 32.6. The number of hydrogen-bond donors (Lipinski definition) is 0. The van der Waals surface area contributed by atoms with E-state index in [2.05, 4.69) is 10.0 Å². The second-order valence-electron chi connectivity index (χ2n) is 14.0. The Morgan fingerprint density at radius 2 is 0.750 bits per heavy atom. The summed E-state index contributed by atoms with van der Waals surface area (Å²) in [5.74, 6) is -71.6. The van der Waals surface area contributed by atoms with Crippen molar-refractivity contribution in [3.05, 3.63) is 205 Å². The van der Waals surface area contributed by atoms with Crippen molar-refractivity contribution in [3.8, 4) is 0 Å². The van der Waals surface area contributed by atoms with E-state index >= 15 is 35.1 Å². The van der Waals surface area contributed by atoms with E-state index in [0.29, 0.717) is 12.2 Å². The average Bonchev–Trinajstić information content (AvgIpc) is 3.33. The van der Waals surface area contributed by atoms with Crippen molar-refractivity contribution >= 4 is 44.6 Å². The maximum Gasteiger partial charge on any atom is 0.256 e. The minimum atomic E-state index is -7.22. The van der Waals surface area contributed by atoms with E-state index in [4.69, 9.17) is 5.53 Å². The molecular formula is C42H15BF20N4O. The first kappa shape index (κ1) is 49.8. The predicted octanol–water partition coefficient (Wildman–Crippen LogP) is 9.51. The number of halogens is 20. The number of ketones is 1. The lowest BCUT2D eigenvalue weighted by atomic mass is 9.12.